The number of allylic oxidation sites excluding steroid dienone is 1. The van der Waals surface area contributed by atoms with Crippen LogP contribution in [0.1, 0.15) is 68.2 Å². The Hall–Kier alpha value is -1.28. The first-order valence-corrected chi connectivity index (χ1v) is 8.34. The van der Waals surface area contributed by atoms with E-state index in [4.69, 9.17) is 4.74 Å². The van der Waals surface area contributed by atoms with Gasteiger partial charge in [-0.2, -0.15) is 0 Å². The van der Waals surface area contributed by atoms with Gasteiger partial charge in [-0.3, -0.25) is 0 Å². The van der Waals surface area contributed by atoms with Crippen molar-refractivity contribution in [1.82, 2.24) is 0 Å². The summed E-state index contributed by atoms with van der Waals surface area (Å²) in [6.07, 6.45) is 11.8. The molecule has 1 saturated heterocycles. The summed E-state index contributed by atoms with van der Waals surface area (Å²) in [5.74, 6) is 0.376. The molecular formula is C19H28O2. The molecule has 0 radical (unpaired) electrons. The van der Waals surface area contributed by atoms with Gasteiger partial charge in [0.05, 0.1) is 6.61 Å². The van der Waals surface area contributed by atoms with Crippen molar-refractivity contribution in [2.75, 3.05) is 6.61 Å². The average molecular weight is 288 g/mol. The van der Waals surface area contributed by atoms with Crippen LogP contribution in [0.2, 0.25) is 0 Å². The molecule has 1 aromatic carbocycles. The van der Waals surface area contributed by atoms with E-state index in [1.54, 1.807) is 0 Å². The van der Waals surface area contributed by atoms with E-state index in [-0.39, 0.29) is 6.10 Å². The molecule has 1 aliphatic heterocycles. The maximum atomic E-state index is 10.1. The van der Waals surface area contributed by atoms with Gasteiger partial charge in [0.15, 0.2) is 0 Å². The van der Waals surface area contributed by atoms with Crippen LogP contribution in [0.4, 0.5) is 0 Å². The monoisotopic (exact) mass is 288 g/mol. The fourth-order valence-electron chi connectivity index (χ4n) is 2.99. The van der Waals surface area contributed by atoms with E-state index in [2.05, 4.69) is 19.6 Å². The molecule has 0 aromatic heterocycles. The molecule has 116 valence electrons. The number of aromatic hydroxyl groups is 1. The summed E-state index contributed by atoms with van der Waals surface area (Å²) < 4.78 is 5.39. The summed E-state index contributed by atoms with van der Waals surface area (Å²) in [5, 5.41) is 10.1. The summed E-state index contributed by atoms with van der Waals surface area (Å²) in [6.45, 7) is 6.84. The van der Waals surface area contributed by atoms with Crippen LogP contribution in [0.25, 0.3) is 0 Å². The normalized spacial score (nSPS) is 16.9. The minimum absolute atomic E-state index is 0.101. The number of ether oxygens (including phenoxy) is 1. The third-order valence-corrected chi connectivity index (χ3v) is 4.23. The molecule has 0 spiro atoms. The number of unbranched alkanes of at least 4 members (excludes halogenated alkanes) is 5. The van der Waals surface area contributed by atoms with Crippen LogP contribution in [-0.4, -0.2) is 11.7 Å². The summed E-state index contributed by atoms with van der Waals surface area (Å²) in [6, 6.07) is 3.90. The molecule has 0 amide bonds. The number of rotatable bonds is 10. The van der Waals surface area contributed by atoms with Crippen molar-refractivity contribution >= 4 is 0 Å². The summed E-state index contributed by atoms with van der Waals surface area (Å²) in [5.41, 5.74) is 3.59. The topological polar surface area (TPSA) is 32.8 Å². The van der Waals surface area contributed by atoms with Crippen LogP contribution in [0.3, 0.4) is 0 Å². The van der Waals surface area contributed by atoms with Crippen LogP contribution < -0.4 is 0 Å². The molecule has 1 fully saturated rings. The molecule has 0 bridgehead atoms. The second-order valence-corrected chi connectivity index (χ2v) is 5.97. The molecule has 21 heavy (non-hydrogen) atoms. The third-order valence-electron chi connectivity index (χ3n) is 4.23. The molecule has 2 heteroatoms. The highest BCUT2D eigenvalue weighted by molar-refractivity contribution is 5.48. The molecule has 2 nitrogen and oxygen atoms in total. The zero-order valence-electron chi connectivity index (χ0n) is 13.2. The van der Waals surface area contributed by atoms with Crippen molar-refractivity contribution in [3.8, 4) is 5.75 Å². The van der Waals surface area contributed by atoms with Gasteiger partial charge < -0.3 is 9.84 Å². The van der Waals surface area contributed by atoms with Crippen molar-refractivity contribution < 1.29 is 9.84 Å². The van der Waals surface area contributed by atoms with Gasteiger partial charge in [-0.15, -0.1) is 6.58 Å². The van der Waals surface area contributed by atoms with Gasteiger partial charge in [0.2, 0.25) is 0 Å². The van der Waals surface area contributed by atoms with Crippen LogP contribution in [0.5, 0.6) is 5.75 Å². The van der Waals surface area contributed by atoms with E-state index in [1.165, 1.54) is 49.7 Å². The number of hydrogen-bond acceptors (Lipinski definition) is 2. The van der Waals surface area contributed by atoms with Gasteiger partial charge >= 0.3 is 0 Å². The molecule has 1 aromatic rings. The number of phenolic OH excluding ortho intramolecular Hbond substituents is 1. The van der Waals surface area contributed by atoms with Crippen LogP contribution >= 0.6 is 0 Å². The molecule has 0 aliphatic carbocycles. The average Bonchev–Trinajstić information content (AvgIpc) is 3.29. The van der Waals surface area contributed by atoms with E-state index < -0.39 is 0 Å². The zero-order chi connectivity index (χ0) is 15.1. The lowest BCUT2D eigenvalue weighted by molar-refractivity contribution is 0.399. The Morgan fingerprint density at radius 1 is 1.24 bits per heavy atom. The van der Waals surface area contributed by atoms with E-state index in [0.29, 0.717) is 5.75 Å². The molecule has 1 heterocycles. The number of phenols is 1. The highest BCUT2D eigenvalue weighted by Crippen LogP contribution is 2.40. The van der Waals surface area contributed by atoms with Gasteiger partial charge in [0, 0.05) is 5.56 Å². The molecule has 1 N–H and O–H groups in total. The lowest BCUT2D eigenvalue weighted by Crippen LogP contribution is -2.00. The van der Waals surface area contributed by atoms with Crippen molar-refractivity contribution in [3.05, 3.63) is 41.5 Å². The predicted octanol–water partition coefficient (Wildman–Crippen LogP) is 5.10. The quantitative estimate of drug-likeness (QED) is 0.369. The largest absolute Gasteiger partial charge is 0.508 e. The molecular weight excluding hydrogens is 260 g/mol. The van der Waals surface area contributed by atoms with Crippen molar-refractivity contribution in [1.29, 1.82) is 0 Å². The Bertz CT molecular complexity index is 461. The first kappa shape index (κ1) is 16.1. The molecule has 2 rings (SSSR count). The van der Waals surface area contributed by atoms with Crippen molar-refractivity contribution in [2.24, 2.45) is 0 Å². The standard InChI is InChI=1S/C19H28O2/c1-3-5-6-7-8-9-11-15-12-13-17(20)19(18-14-21-18)16(15)10-4-2/h4,12-13,18,20H,2-3,5-11,14H2,1H3. The van der Waals surface area contributed by atoms with Gasteiger partial charge in [-0.1, -0.05) is 51.2 Å². The number of hydrogen-bond donors (Lipinski definition) is 1. The van der Waals surface area contributed by atoms with Crippen molar-refractivity contribution in [3.63, 3.8) is 0 Å². The molecule has 1 unspecified atom stereocenters. The smallest absolute Gasteiger partial charge is 0.121 e. The fourth-order valence-corrected chi connectivity index (χ4v) is 2.99. The lowest BCUT2D eigenvalue weighted by Gasteiger charge is -2.14. The fraction of sp³-hybridized carbons (Fsp3) is 0.579. The van der Waals surface area contributed by atoms with E-state index >= 15 is 0 Å². The second-order valence-electron chi connectivity index (χ2n) is 5.97. The van der Waals surface area contributed by atoms with E-state index in [1.807, 2.05) is 12.1 Å². The van der Waals surface area contributed by atoms with Crippen molar-refractivity contribution in [2.45, 2.75) is 64.4 Å². The maximum absolute atomic E-state index is 10.1. The first-order chi connectivity index (χ1) is 10.3. The lowest BCUT2D eigenvalue weighted by atomic mass is 9.92. The molecule has 1 atom stereocenters. The molecule has 1 aliphatic rings. The van der Waals surface area contributed by atoms with Gasteiger partial charge in [0.25, 0.3) is 0 Å². The summed E-state index contributed by atoms with van der Waals surface area (Å²) in [7, 11) is 0. The Morgan fingerprint density at radius 2 is 1.95 bits per heavy atom. The number of aryl methyl sites for hydroxylation is 1. The Balaban J connectivity index is 1.98. The van der Waals surface area contributed by atoms with Crippen LogP contribution in [0, 0.1) is 0 Å². The Kier molecular flexibility index (Phi) is 6.31. The van der Waals surface area contributed by atoms with Gasteiger partial charge in [-0.25, -0.2) is 0 Å². The maximum Gasteiger partial charge on any atom is 0.121 e. The summed E-state index contributed by atoms with van der Waals surface area (Å²) in [4.78, 5) is 0. The second kappa shape index (κ2) is 8.23. The van der Waals surface area contributed by atoms with E-state index in [9.17, 15) is 5.11 Å². The van der Waals surface area contributed by atoms with Crippen LogP contribution in [-0.2, 0) is 17.6 Å². The SMILES string of the molecule is C=CCc1c(CCCCCCCC)ccc(O)c1C1CO1. The Morgan fingerprint density at radius 3 is 2.62 bits per heavy atom. The minimum Gasteiger partial charge on any atom is -0.508 e. The zero-order valence-corrected chi connectivity index (χ0v) is 13.2. The summed E-state index contributed by atoms with van der Waals surface area (Å²) >= 11 is 0. The number of epoxide rings is 1. The van der Waals surface area contributed by atoms with E-state index in [0.717, 1.165) is 25.0 Å². The number of benzene rings is 1. The highest BCUT2D eigenvalue weighted by atomic mass is 16.6. The highest BCUT2D eigenvalue weighted by Gasteiger charge is 2.30. The third kappa shape index (κ3) is 4.60. The van der Waals surface area contributed by atoms with Gasteiger partial charge in [0.1, 0.15) is 11.9 Å². The van der Waals surface area contributed by atoms with Crippen LogP contribution in [0.15, 0.2) is 24.8 Å². The molecule has 0 saturated carbocycles. The Labute approximate surface area is 128 Å². The predicted molar refractivity (Wildman–Crippen MR) is 87.8 cm³/mol. The first-order valence-electron chi connectivity index (χ1n) is 8.34. The minimum atomic E-state index is 0.101. The van der Waals surface area contributed by atoms with Gasteiger partial charge in [-0.05, 0) is 36.5 Å².